The van der Waals surface area contributed by atoms with E-state index in [0.717, 1.165) is 22.4 Å². The van der Waals surface area contributed by atoms with Crippen LogP contribution >= 0.6 is 11.6 Å². The van der Waals surface area contributed by atoms with E-state index in [1.165, 1.54) is 12.1 Å². The van der Waals surface area contributed by atoms with Gasteiger partial charge in [-0.3, -0.25) is 9.00 Å². The summed E-state index contributed by atoms with van der Waals surface area (Å²) in [7, 11) is -1.14. The molecule has 0 saturated heterocycles. The number of halogens is 3. The molecule has 1 atom stereocenters. The molecule has 0 saturated carbocycles. The van der Waals surface area contributed by atoms with Gasteiger partial charge >= 0.3 is 0 Å². The van der Waals surface area contributed by atoms with Gasteiger partial charge in [-0.15, -0.1) is 0 Å². The second-order valence-electron chi connectivity index (χ2n) is 7.12. The van der Waals surface area contributed by atoms with E-state index in [0.29, 0.717) is 26.7 Å². The summed E-state index contributed by atoms with van der Waals surface area (Å²) in [5, 5.41) is 5.06. The van der Waals surface area contributed by atoms with E-state index >= 15 is 0 Å². The van der Waals surface area contributed by atoms with E-state index in [-0.39, 0.29) is 12.1 Å². The second-order valence-corrected chi connectivity index (χ2v) is 8.94. The molecule has 0 bridgehead atoms. The summed E-state index contributed by atoms with van der Waals surface area (Å²) in [6, 6.07) is 18.6. The van der Waals surface area contributed by atoms with E-state index in [1.807, 2.05) is 0 Å². The van der Waals surface area contributed by atoms with Gasteiger partial charge < -0.3 is 0 Å². The van der Waals surface area contributed by atoms with E-state index in [9.17, 15) is 17.8 Å². The van der Waals surface area contributed by atoms with Crippen molar-refractivity contribution in [3.8, 4) is 22.4 Å². The molecule has 4 nitrogen and oxygen atoms in total. The van der Waals surface area contributed by atoms with Crippen LogP contribution in [-0.2, 0) is 17.3 Å². The van der Waals surface area contributed by atoms with Crippen molar-refractivity contribution in [2.75, 3.05) is 6.26 Å². The number of nitrogens with zero attached hydrogens (tertiary/aromatic N) is 2. The molecule has 0 spiro atoms. The number of rotatable bonds is 5. The maximum Gasteiger partial charge on any atom is 0.267 e. The van der Waals surface area contributed by atoms with Crippen LogP contribution in [-0.4, -0.2) is 20.2 Å². The SMILES string of the molecule is CS(=O)c1ccc(-c2nn(Cc3ccc(F)cc3F)c(=O)cc2-c2ccc(Cl)cc2)cc1. The van der Waals surface area contributed by atoms with Crippen molar-refractivity contribution in [2.45, 2.75) is 11.4 Å². The van der Waals surface area contributed by atoms with Gasteiger partial charge in [-0.25, -0.2) is 13.5 Å². The monoisotopic (exact) mass is 470 g/mol. The molecule has 0 fully saturated rings. The third-order valence-electron chi connectivity index (χ3n) is 4.95. The number of benzene rings is 3. The highest BCUT2D eigenvalue weighted by Gasteiger charge is 2.15. The Labute approximate surface area is 190 Å². The summed E-state index contributed by atoms with van der Waals surface area (Å²) in [4.78, 5) is 13.5. The van der Waals surface area contributed by atoms with Gasteiger partial charge in [0.1, 0.15) is 11.6 Å². The zero-order chi connectivity index (χ0) is 22.8. The molecule has 1 unspecified atom stereocenters. The van der Waals surface area contributed by atoms with Gasteiger partial charge in [0.25, 0.3) is 5.56 Å². The third-order valence-corrected chi connectivity index (χ3v) is 6.14. The minimum absolute atomic E-state index is 0.142. The lowest BCUT2D eigenvalue weighted by Crippen LogP contribution is -2.24. The van der Waals surface area contributed by atoms with Crippen LogP contribution in [0.15, 0.2) is 82.5 Å². The van der Waals surface area contributed by atoms with E-state index in [4.69, 9.17) is 11.6 Å². The molecular formula is C24H17ClF2N2O2S. The number of aromatic nitrogens is 2. The Morgan fingerprint density at radius 3 is 2.22 bits per heavy atom. The lowest BCUT2D eigenvalue weighted by atomic mass is 10.00. The molecule has 0 aliphatic rings. The molecule has 8 heteroatoms. The van der Waals surface area contributed by atoms with Gasteiger partial charge in [-0.05, 0) is 35.9 Å². The van der Waals surface area contributed by atoms with Crippen LogP contribution in [0.25, 0.3) is 22.4 Å². The second kappa shape index (κ2) is 9.14. The molecule has 162 valence electrons. The van der Waals surface area contributed by atoms with Gasteiger partial charge in [-0.2, -0.15) is 5.10 Å². The van der Waals surface area contributed by atoms with E-state index in [2.05, 4.69) is 5.10 Å². The Balaban J connectivity index is 1.86. The van der Waals surface area contributed by atoms with Crippen molar-refractivity contribution >= 4 is 22.4 Å². The quantitative estimate of drug-likeness (QED) is 0.398. The molecule has 0 radical (unpaired) electrons. The highest BCUT2D eigenvalue weighted by atomic mass is 35.5. The van der Waals surface area contributed by atoms with Crippen molar-refractivity contribution < 1.29 is 13.0 Å². The van der Waals surface area contributed by atoms with E-state index < -0.39 is 28.0 Å². The van der Waals surface area contributed by atoms with Crippen molar-refractivity contribution in [1.82, 2.24) is 9.78 Å². The largest absolute Gasteiger partial charge is 0.268 e. The molecule has 1 aromatic heterocycles. The molecule has 0 amide bonds. The van der Waals surface area contributed by atoms with Crippen LogP contribution in [0.3, 0.4) is 0 Å². The first-order chi connectivity index (χ1) is 15.3. The van der Waals surface area contributed by atoms with Gasteiger partial charge in [0.2, 0.25) is 0 Å². The third kappa shape index (κ3) is 4.69. The lowest BCUT2D eigenvalue weighted by molar-refractivity contribution is 0.552. The highest BCUT2D eigenvalue weighted by Crippen LogP contribution is 2.30. The molecule has 1 heterocycles. The Kier molecular flexibility index (Phi) is 6.30. The predicted molar refractivity (Wildman–Crippen MR) is 122 cm³/mol. The fourth-order valence-electron chi connectivity index (χ4n) is 3.28. The van der Waals surface area contributed by atoms with Crippen molar-refractivity contribution in [3.63, 3.8) is 0 Å². The summed E-state index contributed by atoms with van der Waals surface area (Å²) < 4.78 is 40.3. The normalized spacial score (nSPS) is 12.0. The van der Waals surface area contributed by atoms with Gasteiger partial charge in [-0.1, -0.05) is 41.9 Å². The predicted octanol–water partition coefficient (Wildman–Crippen LogP) is 5.29. The lowest BCUT2D eigenvalue weighted by Gasteiger charge is -2.13. The van der Waals surface area contributed by atoms with E-state index in [1.54, 1.807) is 54.8 Å². The van der Waals surface area contributed by atoms with Gasteiger partial charge in [0, 0.05) is 55.8 Å². The smallest absolute Gasteiger partial charge is 0.267 e. The molecular weight excluding hydrogens is 454 g/mol. The average Bonchev–Trinajstić information content (AvgIpc) is 2.77. The van der Waals surface area contributed by atoms with Crippen molar-refractivity contribution in [2.24, 2.45) is 0 Å². The number of hydrogen-bond donors (Lipinski definition) is 0. The van der Waals surface area contributed by atoms with Crippen LogP contribution in [0.4, 0.5) is 8.78 Å². The molecule has 4 rings (SSSR count). The molecule has 4 aromatic rings. The molecule has 32 heavy (non-hydrogen) atoms. The van der Waals surface area contributed by atoms with Crippen LogP contribution in [0.2, 0.25) is 5.02 Å². The topological polar surface area (TPSA) is 52.0 Å². The highest BCUT2D eigenvalue weighted by molar-refractivity contribution is 7.84. The van der Waals surface area contributed by atoms with Crippen LogP contribution in [0, 0.1) is 11.6 Å². The summed E-state index contributed by atoms with van der Waals surface area (Å²) in [5.41, 5.74) is 2.20. The summed E-state index contributed by atoms with van der Waals surface area (Å²) in [6.45, 7) is -0.157. The van der Waals surface area contributed by atoms with Crippen LogP contribution < -0.4 is 5.56 Å². The Hall–Kier alpha value is -3.16. The van der Waals surface area contributed by atoms with Crippen molar-refractivity contribution in [3.05, 3.63) is 105 Å². The first-order valence-corrected chi connectivity index (χ1v) is 11.5. The molecule has 3 aromatic carbocycles. The Morgan fingerprint density at radius 1 is 0.938 bits per heavy atom. The average molecular weight is 471 g/mol. The fraction of sp³-hybridized carbons (Fsp3) is 0.0833. The van der Waals surface area contributed by atoms with Crippen LogP contribution in [0.5, 0.6) is 0 Å². The minimum atomic E-state index is -1.14. The Morgan fingerprint density at radius 2 is 1.59 bits per heavy atom. The number of hydrogen-bond acceptors (Lipinski definition) is 3. The Bertz CT molecular complexity index is 1370. The molecule has 0 aliphatic carbocycles. The summed E-state index contributed by atoms with van der Waals surface area (Å²) in [5.74, 6) is -1.45. The van der Waals surface area contributed by atoms with Crippen LogP contribution in [0.1, 0.15) is 5.56 Å². The fourth-order valence-corrected chi connectivity index (χ4v) is 3.93. The first kappa shape index (κ1) is 22.0. The van der Waals surface area contributed by atoms with Gasteiger partial charge in [0.05, 0.1) is 12.2 Å². The summed E-state index contributed by atoms with van der Waals surface area (Å²) in [6.07, 6.45) is 1.59. The summed E-state index contributed by atoms with van der Waals surface area (Å²) >= 11 is 6.00. The maximum absolute atomic E-state index is 14.2. The first-order valence-electron chi connectivity index (χ1n) is 9.58. The maximum atomic E-state index is 14.2. The van der Waals surface area contributed by atoms with Gasteiger partial charge in [0.15, 0.2) is 0 Å². The minimum Gasteiger partial charge on any atom is -0.268 e. The molecule has 0 aliphatic heterocycles. The molecule has 0 N–H and O–H groups in total. The zero-order valence-corrected chi connectivity index (χ0v) is 18.5. The standard InChI is InChI=1S/C24H17ClF2N2O2S/c1-32(31)20-10-5-16(6-11-20)24-21(15-2-7-18(25)8-3-15)13-23(30)29(28-24)14-17-4-9-19(26)12-22(17)27/h2-13H,14H2,1H3. The zero-order valence-electron chi connectivity index (χ0n) is 16.9. The van der Waals surface area contributed by atoms with Crippen molar-refractivity contribution in [1.29, 1.82) is 0 Å².